The van der Waals surface area contributed by atoms with Crippen LogP contribution in [0.3, 0.4) is 0 Å². The number of unbranched alkanes of at least 4 members (excludes halogenated alkanes) is 3. The lowest BCUT2D eigenvalue weighted by molar-refractivity contribution is 0.300. The van der Waals surface area contributed by atoms with E-state index in [-0.39, 0.29) is 0 Å². The Hall–Kier alpha value is -1.90. The molecule has 0 saturated heterocycles. The van der Waals surface area contributed by atoms with E-state index in [1.54, 1.807) is 0 Å². The highest BCUT2D eigenvalue weighted by Crippen LogP contribution is 2.21. The minimum atomic E-state index is -0.672. The Kier molecular flexibility index (Phi) is 9.16. The number of rotatable bonds is 12. The van der Waals surface area contributed by atoms with Crippen LogP contribution in [0.2, 0.25) is 0 Å². The van der Waals surface area contributed by atoms with Crippen molar-refractivity contribution in [3.63, 3.8) is 0 Å². The Balaban J connectivity index is 1.81. The topological polar surface area (TPSA) is 22.1 Å². The van der Waals surface area contributed by atoms with Gasteiger partial charge < -0.3 is 4.74 Å². The van der Waals surface area contributed by atoms with E-state index in [1.807, 2.05) is 31.3 Å². The Morgan fingerprint density at radius 1 is 0.962 bits per heavy atom. The Morgan fingerprint density at radius 3 is 2.42 bits per heavy atom. The third-order valence-electron chi connectivity index (χ3n) is 4.67. The summed E-state index contributed by atoms with van der Waals surface area (Å²) in [4.78, 5) is 4.56. The van der Waals surface area contributed by atoms with Crippen molar-refractivity contribution >= 4 is 0 Å². The van der Waals surface area contributed by atoms with E-state index in [0.29, 0.717) is 12.8 Å². The van der Waals surface area contributed by atoms with E-state index in [4.69, 9.17) is 4.74 Å². The standard InChI is InChI=1S/C23H32FNO/c1-3-5-6-7-17-26-22-14-12-20(13-15-22)23-16-11-19(18-25-23)9-8-10-21(24)4-2/h11-16,18,21H,3-10,17H2,1-2H3. The molecule has 142 valence electrons. The van der Waals surface area contributed by atoms with E-state index in [0.717, 1.165) is 42.9 Å². The molecule has 3 heteroatoms. The summed E-state index contributed by atoms with van der Waals surface area (Å²) in [5.74, 6) is 0.915. The maximum absolute atomic E-state index is 13.3. The highest BCUT2D eigenvalue weighted by molar-refractivity contribution is 5.60. The number of benzene rings is 1. The number of hydrogen-bond acceptors (Lipinski definition) is 2. The lowest BCUT2D eigenvalue weighted by Crippen LogP contribution is -1.98. The zero-order valence-corrected chi connectivity index (χ0v) is 16.2. The van der Waals surface area contributed by atoms with E-state index < -0.39 is 6.17 Å². The zero-order chi connectivity index (χ0) is 18.6. The fourth-order valence-electron chi connectivity index (χ4n) is 2.92. The van der Waals surface area contributed by atoms with Crippen LogP contribution < -0.4 is 4.74 Å². The first-order valence-corrected chi connectivity index (χ1v) is 10.0. The van der Waals surface area contributed by atoms with Crippen molar-refractivity contribution in [2.24, 2.45) is 0 Å². The number of alkyl halides is 1. The summed E-state index contributed by atoms with van der Waals surface area (Å²) >= 11 is 0. The second kappa shape index (κ2) is 11.7. The van der Waals surface area contributed by atoms with Gasteiger partial charge in [0.25, 0.3) is 0 Å². The fraction of sp³-hybridized carbons (Fsp3) is 0.522. The summed E-state index contributed by atoms with van der Waals surface area (Å²) in [5.41, 5.74) is 3.22. The zero-order valence-electron chi connectivity index (χ0n) is 16.2. The average molecular weight is 358 g/mol. The number of nitrogens with zero attached hydrogens (tertiary/aromatic N) is 1. The van der Waals surface area contributed by atoms with E-state index in [2.05, 4.69) is 30.1 Å². The molecule has 26 heavy (non-hydrogen) atoms. The molecule has 1 aromatic carbocycles. The molecule has 0 aliphatic carbocycles. The third-order valence-corrected chi connectivity index (χ3v) is 4.67. The van der Waals surface area contributed by atoms with E-state index >= 15 is 0 Å². The summed E-state index contributed by atoms with van der Waals surface area (Å²) < 4.78 is 19.0. The number of ether oxygens (including phenoxy) is 1. The normalized spacial score (nSPS) is 12.1. The van der Waals surface area contributed by atoms with Gasteiger partial charge in [0.1, 0.15) is 5.75 Å². The number of hydrogen-bond donors (Lipinski definition) is 0. The van der Waals surface area contributed by atoms with Gasteiger partial charge in [-0.15, -0.1) is 0 Å². The van der Waals surface area contributed by atoms with Crippen LogP contribution in [0.1, 0.15) is 64.4 Å². The van der Waals surface area contributed by atoms with Crippen LogP contribution >= 0.6 is 0 Å². The van der Waals surface area contributed by atoms with Crippen LogP contribution in [0, 0.1) is 0 Å². The summed E-state index contributed by atoms with van der Waals surface area (Å²) in [6.45, 7) is 4.89. The molecular formula is C23H32FNO. The van der Waals surface area contributed by atoms with Crippen molar-refractivity contribution in [1.29, 1.82) is 0 Å². The summed E-state index contributed by atoms with van der Waals surface area (Å²) in [6.07, 6.45) is 9.11. The largest absolute Gasteiger partial charge is 0.494 e. The second-order valence-electron chi connectivity index (χ2n) is 6.88. The number of aryl methyl sites for hydroxylation is 1. The van der Waals surface area contributed by atoms with Gasteiger partial charge in [-0.2, -0.15) is 0 Å². The fourth-order valence-corrected chi connectivity index (χ4v) is 2.92. The lowest BCUT2D eigenvalue weighted by atomic mass is 10.1. The molecule has 0 radical (unpaired) electrons. The van der Waals surface area contributed by atoms with Gasteiger partial charge in [-0.3, -0.25) is 4.98 Å². The van der Waals surface area contributed by atoms with Gasteiger partial charge in [-0.05, 0) is 68.0 Å². The van der Waals surface area contributed by atoms with Gasteiger partial charge in [0.05, 0.1) is 18.5 Å². The quantitative estimate of drug-likeness (QED) is 0.391. The van der Waals surface area contributed by atoms with Gasteiger partial charge >= 0.3 is 0 Å². The molecular weight excluding hydrogens is 325 g/mol. The first-order valence-electron chi connectivity index (χ1n) is 10.0. The maximum Gasteiger partial charge on any atom is 0.119 e. The molecule has 0 aliphatic rings. The van der Waals surface area contributed by atoms with Gasteiger partial charge in [0.15, 0.2) is 0 Å². The predicted octanol–water partition coefficient (Wildman–Crippen LogP) is 6.78. The third kappa shape index (κ3) is 7.15. The smallest absolute Gasteiger partial charge is 0.119 e. The second-order valence-corrected chi connectivity index (χ2v) is 6.88. The Labute approximate surface area is 157 Å². The lowest BCUT2D eigenvalue weighted by Gasteiger charge is -2.08. The van der Waals surface area contributed by atoms with Crippen LogP contribution in [0.15, 0.2) is 42.6 Å². The molecule has 0 bridgehead atoms. The molecule has 2 rings (SSSR count). The summed E-state index contributed by atoms with van der Waals surface area (Å²) in [5, 5.41) is 0. The Morgan fingerprint density at radius 2 is 1.77 bits per heavy atom. The van der Waals surface area contributed by atoms with Crippen LogP contribution in [-0.2, 0) is 6.42 Å². The van der Waals surface area contributed by atoms with Gasteiger partial charge in [0, 0.05) is 11.8 Å². The van der Waals surface area contributed by atoms with Crippen LogP contribution in [0.4, 0.5) is 4.39 Å². The summed E-state index contributed by atoms with van der Waals surface area (Å²) in [7, 11) is 0. The molecule has 0 saturated carbocycles. The van der Waals surface area contributed by atoms with Crippen molar-refractivity contribution in [2.75, 3.05) is 6.61 Å². The molecule has 0 amide bonds. The molecule has 1 atom stereocenters. The van der Waals surface area contributed by atoms with Gasteiger partial charge in [-0.1, -0.05) is 39.2 Å². The maximum atomic E-state index is 13.3. The molecule has 0 aliphatic heterocycles. The highest BCUT2D eigenvalue weighted by atomic mass is 19.1. The van der Waals surface area contributed by atoms with Crippen molar-refractivity contribution in [2.45, 2.75) is 71.4 Å². The number of aromatic nitrogens is 1. The molecule has 0 spiro atoms. The first-order chi connectivity index (χ1) is 12.7. The molecule has 1 aromatic heterocycles. The highest BCUT2D eigenvalue weighted by Gasteiger charge is 2.04. The minimum absolute atomic E-state index is 0.607. The average Bonchev–Trinajstić information content (AvgIpc) is 2.69. The number of halogens is 1. The Bertz CT molecular complexity index is 609. The molecule has 2 nitrogen and oxygen atoms in total. The molecule has 1 heterocycles. The number of pyridine rings is 1. The van der Waals surface area contributed by atoms with E-state index in [9.17, 15) is 4.39 Å². The van der Waals surface area contributed by atoms with Crippen molar-refractivity contribution < 1.29 is 9.13 Å². The SMILES string of the molecule is CCCCCCOc1ccc(-c2ccc(CCCC(F)CC)cn2)cc1. The predicted molar refractivity (Wildman–Crippen MR) is 107 cm³/mol. The van der Waals surface area contributed by atoms with Crippen LogP contribution in [0.5, 0.6) is 5.75 Å². The monoisotopic (exact) mass is 357 g/mol. The molecule has 0 fully saturated rings. The molecule has 0 N–H and O–H groups in total. The van der Waals surface area contributed by atoms with Gasteiger partial charge in [-0.25, -0.2) is 4.39 Å². The minimum Gasteiger partial charge on any atom is -0.494 e. The van der Waals surface area contributed by atoms with Crippen molar-refractivity contribution in [1.82, 2.24) is 4.98 Å². The molecule has 1 unspecified atom stereocenters. The molecule has 2 aromatic rings. The van der Waals surface area contributed by atoms with Crippen molar-refractivity contribution in [3.8, 4) is 17.0 Å². The first kappa shape index (κ1) is 20.4. The van der Waals surface area contributed by atoms with E-state index in [1.165, 1.54) is 24.8 Å². The summed E-state index contributed by atoms with van der Waals surface area (Å²) in [6, 6.07) is 12.3. The van der Waals surface area contributed by atoms with Gasteiger partial charge in [0.2, 0.25) is 0 Å². The van der Waals surface area contributed by atoms with Crippen molar-refractivity contribution in [3.05, 3.63) is 48.2 Å². The van der Waals surface area contributed by atoms with Crippen LogP contribution in [-0.4, -0.2) is 17.8 Å². The van der Waals surface area contributed by atoms with Crippen LogP contribution in [0.25, 0.3) is 11.3 Å².